The van der Waals surface area contributed by atoms with E-state index < -0.39 is 12.1 Å². The minimum absolute atomic E-state index is 0.00601. The second-order valence-corrected chi connectivity index (χ2v) is 10.8. The van der Waals surface area contributed by atoms with E-state index in [0.717, 1.165) is 6.42 Å². The third-order valence-electron chi connectivity index (χ3n) is 7.05. The van der Waals surface area contributed by atoms with E-state index in [1.54, 1.807) is 0 Å². The molecule has 0 aromatic carbocycles. The lowest BCUT2D eigenvalue weighted by Crippen LogP contribution is -2.54. The summed E-state index contributed by atoms with van der Waals surface area (Å²) in [5.74, 6) is -1.18. The number of ether oxygens (including phenoxy) is 4. The van der Waals surface area contributed by atoms with Crippen LogP contribution in [0.2, 0.25) is 0 Å². The van der Waals surface area contributed by atoms with Crippen LogP contribution in [0.3, 0.4) is 0 Å². The SMILES string of the molecule is CCC[C@H](NC(=O)[C@@H](NC(=O)CCOCCOCCOCCOCCN1C(=O)CCCC1=O)C(C)CC)C(=O)C(C)C. The molecule has 242 valence electrons. The summed E-state index contributed by atoms with van der Waals surface area (Å²) in [6.45, 7) is 12.4. The highest BCUT2D eigenvalue weighted by Gasteiger charge is 2.30. The fourth-order valence-electron chi connectivity index (χ4n) is 4.32. The van der Waals surface area contributed by atoms with Crippen molar-refractivity contribution in [1.29, 1.82) is 0 Å². The first kappa shape index (κ1) is 37.6. The van der Waals surface area contributed by atoms with Gasteiger partial charge in [0.15, 0.2) is 5.78 Å². The molecule has 12 nitrogen and oxygen atoms in total. The summed E-state index contributed by atoms with van der Waals surface area (Å²) in [5, 5.41) is 5.67. The minimum atomic E-state index is -0.723. The van der Waals surface area contributed by atoms with E-state index in [1.165, 1.54) is 4.90 Å². The molecule has 0 saturated carbocycles. The summed E-state index contributed by atoms with van der Waals surface area (Å²) in [4.78, 5) is 62.7. The number of likely N-dealkylation sites (tertiary alicyclic amines) is 1. The highest BCUT2D eigenvalue weighted by atomic mass is 16.6. The Morgan fingerprint density at radius 3 is 1.81 bits per heavy atom. The molecule has 0 bridgehead atoms. The molecule has 0 spiro atoms. The molecule has 0 aromatic rings. The largest absolute Gasteiger partial charge is 0.379 e. The van der Waals surface area contributed by atoms with E-state index in [0.29, 0.717) is 71.7 Å². The lowest BCUT2D eigenvalue weighted by atomic mass is 9.95. The summed E-state index contributed by atoms with van der Waals surface area (Å²) in [5.41, 5.74) is 0. The van der Waals surface area contributed by atoms with E-state index in [1.807, 2.05) is 34.6 Å². The topological polar surface area (TPSA) is 150 Å². The number of ketones is 1. The van der Waals surface area contributed by atoms with Gasteiger partial charge in [-0.05, 0) is 18.8 Å². The Morgan fingerprint density at radius 2 is 1.31 bits per heavy atom. The molecule has 0 aliphatic carbocycles. The molecule has 1 heterocycles. The van der Waals surface area contributed by atoms with Crippen molar-refractivity contribution < 1.29 is 42.9 Å². The van der Waals surface area contributed by atoms with Crippen LogP contribution in [0.25, 0.3) is 0 Å². The van der Waals surface area contributed by atoms with Crippen LogP contribution in [0.15, 0.2) is 0 Å². The molecule has 1 saturated heterocycles. The Bertz CT molecular complexity index is 821. The molecule has 3 atom stereocenters. The van der Waals surface area contributed by atoms with Gasteiger partial charge in [0.1, 0.15) is 6.04 Å². The average molecular weight is 600 g/mol. The van der Waals surface area contributed by atoms with E-state index in [-0.39, 0.29) is 67.4 Å². The highest BCUT2D eigenvalue weighted by Crippen LogP contribution is 2.12. The third-order valence-corrected chi connectivity index (χ3v) is 7.05. The first-order chi connectivity index (χ1) is 20.1. The fourth-order valence-corrected chi connectivity index (χ4v) is 4.32. The number of carbonyl (C=O) groups excluding carboxylic acids is 5. The number of amides is 4. The van der Waals surface area contributed by atoms with Crippen molar-refractivity contribution in [1.82, 2.24) is 15.5 Å². The quantitative estimate of drug-likeness (QED) is 0.126. The standard InChI is InChI=1S/C30H53N3O9/c1-6-9-24(29(37)22(3)4)31-30(38)28(23(5)7-2)32-25(34)12-14-39-16-18-41-20-21-42-19-17-40-15-13-33-26(35)10-8-11-27(33)36/h22-24,28H,6-21H2,1-5H3,(H,31,38)(H,32,34)/t23?,24-,28-/m0/s1. The molecule has 0 radical (unpaired) electrons. The van der Waals surface area contributed by atoms with Crippen molar-refractivity contribution in [3.63, 3.8) is 0 Å². The highest BCUT2D eigenvalue weighted by molar-refractivity contribution is 5.97. The Kier molecular flexibility index (Phi) is 19.9. The number of nitrogens with zero attached hydrogens (tertiary/aromatic N) is 1. The van der Waals surface area contributed by atoms with Gasteiger partial charge in [-0.3, -0.25) is 28.9 Å². The molecule has 42 heavy (non-hydrogen) atoms. The lowest BCUT2D eigenvalue weighted by Gasteiger charge is -2.27. The number of rotatable bonds is 24. The Balaban J connectivity index is 2.14. The molecule has 1 fully saturated rings. The summed E-state index contributed by atoms with van der Waals surface area (Å²) >= 11 is 0. The van der Waals surface area contributed by atoms with Crippen LogP contribution in [-0.2, 0) is 42.9 Å². The summed E-state index contributed by atoms with van der Waals surface area (Å²) < 4.78 is 21.8. The zero-order valence-corrected chi connectivity index (χ0v) is 26.2. The molecular weight excluding hydrogens is 546 g/mol. The van der Waals surface area contributed by atoms with Crippen molar-refractivity contribution in [2.75, 3.05) is 59.4 Å². The number of carbonyl (C=O) groups is 5. The Labute approximate surface area is 250 Å². The summed E-state index contributed by atoms with van der Waals surface area (Å²) in [7, 11) is 0. The number of imide groups is 1. The van der Waals surface area contributed by atoms with Gasteiger partial charge in [0.2, 0.25) is 23.6 Å². The van der Waals surface area contributed by atoms with Crippen molar-refractivity contribution >= 4 is 29.4 Å². The van der Waals surface area contributed by atoms with Gasteiger partial charge >= 0.3 is 0 Å². The Morgan fingerprint density at radius 1 is 0.786 bits per heavy atom. The summed E-state index contributed by atoms with van der Waals surface area (Å²) in [6, 6.07) is -1.28. The maximum Gasteiger partial charge on any atom is 0.243 e. The molecule has 1 aliphatic rings. The van der Waals surface area contributed by atoms with Gasteiger partial charge in [-0.2, -0.15) is 0 Å². The number of piperidine rings is 1. The van der Waals surface area contributed by atoms with Gasteiger partial charge in [-0.1, -0.05) is 47.5 Å². The second kappa shape index (κ2) is 22.2. The molecule has 0 aromatic heterocycles. The first-order valence-corrected chi connectivity index (χ1v) is 15.4. The predicted molar refractivity (Wildman–Crippen MR) is 157 cm³/mol. The first-order valence-electron chi connectivity index (χ1n) is 15.4. The van der Waals surface area contributed by atoms with Crippen molar-refractivity contribution in [3.05, 3.63) is 0 Å². The predicted octanol–water partition coefficient (Wildman–Crippen LogP) is 2.02. The van der Waals surface area contributed by atoms with E-state index in [4.69, 9.17) is 18.9 Å². The van der Waals surface area contributed by atoms with E-state index in [9.17, 15) is 24.0 Å². The van der Waals surface area contributed by atoms with Crippen molar-refractivity contribution in [2.45, 2.75) is 91.6 Å². The minimum Gasteiger partial charge on any atom is -0.379 e. The fraction of sp³-hybridized carbons (Fsp3) is 0.833. The van der Waals surface area contributed by atoms with Crippen molar-refractivity contribution in [2.24, 2.45) is 11.8 Å². The number of hydrogen-bond donors (Lipinski definition) is 2. The average Bonchev–Trinajstić information content (AvgIpc) is 2.96. The van der Waals surface area contributed by atoms with Gasteiger partial charge in [0.05, 0.1) is 65.4 Å². The normalized spacial score (nSPS) is 15.9. The van der Waals surface area contributed by atoms with E-state index in [2.05, 4.69) is 10.6 Å². The number of hydrogen-bond acceptors (Lipinski definition) is 9. The number of Topliss-reactive ketones (excluding diaryl/α,β-unsaturated/α-hetero) is 1. The molecule has 12 heteroatoms. The Hall–Kier alpha value is -2.41. The van der Waals surface area contributed by atoms with Crippen molar-refractivity contribution in [3.8, 4) is 0 Å². The molecule has 1 rings (SSSR count). The molecule has 2 N–H and O–H groups in total. The maximum atomic E-state index is 13.0. The van der Waals surface area contributed by atoms with Gasteiger partial charge in [0.25, 0.3) is 0 Å². The van der Waals surface area contributed by atoms with Crippen LogP contribution in [-0.4, -0.2) is 106 Å². The van der Waals surface area contributed by atoms with Crippen LogP contribution in [0.4, 0.5) is 0 Å². The summed E-state index contributed by atoms with van der Waals surface area (Å²) in [6.07, 6.45) is 3.58. The van der Waals surface area contributed by atoms with Crippen LogP contribution in [0.1, 0.15) is 79.6 Å². The second-order valence-electron chi connectivity index (χ2n) is 10.8. The molecular formula is C30H53N3O9. The zero-order chi connectivity index (χ0) is 31.3. The lowest BCUT2D eigenvalue weighted by molar-refractivity contribution is -0.149. The van der Waals surface area contributed by atoms with Gasteiger partial charge < -0.3 is 29.6 Å². The molecule has 1 aliphatic heterocycles. The van der Waals surface area contributed by atoms with Crippen LogP contribution >= 0.6 is 0 Å². The van der Waals surface area contributed by atoms with Gasteiger partial charge in [0, 0.05) is 25.2 Å². The van der Waals surface area contributed by atoms with Crippen LogP contribution in [0, 0.1) is 11.8 Å². The van der Waals surface area contributed by atoms with Crippen LogP contribution < -0.4 is 10.6 Å². The molecule has 4 amide bonds. The zero-order valence-electron chi connectivity index (χ0n) is 26.2. The van der Waals surface area contributed by atoms with E-state index >= 15 is 0 Å². The van der Waals surface area contributed by atoms with Gasteiger partial charge in [-0.25, -0.2) is 0 Å². The molecule has 1 unspecified atom stereocenters. The monoisotopic (exact) mass is 599 g/mol. The number of nitrogens with one attached hydrogen (secondary N) is 2. The smallest absolute Gasteiger partial charge is 0.243 e. The van der Waals surface area contributed by atoms with Crippen LogP contribution in [0.5, 0.6) is 0 Å². The third kappa shape index (κ3) is 15.2. The maximum absolute atomic E-state index is 13.0. The van der Waals surface area contributed by atoms with Gasteiger partial charge in [-0.15, -0.1) is 0 Å².